The zero-order valence-corrected chi connectivity index (χ0v) is 14.0. The smallest absolute Gasteiger partial charge is 0.259 e. The maximum atomic E-state index is 13.6. The fraction of sp³-hybridized carbons (Fsp3) is 0. The first-order chi connectivity index (χ1) is 11.6. The van der Waals surface area contributed by atoms with E-state index in [-0.39, 0.29) is 5.56 Å². The number of para-hydroxylation sites is 1. The molecular formula is C18H13BrFN3O. The maximum absolute atomic E-state index is 13.6. The highest BCUT2D eigenvalue weighted by atomic mass is 79.9. The number of pyridine rings is 1. The number of nitrogens with one attached hydrogen (secondary N) is 2. The molecule has 0 saturated heterocycles. The number of carbonyl (C=O) groups excluding carboxylic acids is 1. The first-order valence-corrected chi connectivity index (χ1v) is 7.96. The van der Waals surface area contributed by atoms with Crippen molar-refractivity contribution in [3.63, 3.8) is 0 Å². The standard InChI is InChI=1S/C18H13BrFN3O/c19-14-6-2-4-8-16(14)22-12-9-10-17(21-11-12)23-18(24)13-5-1-3-7-15(13)20/h1-11,22H,(H,21,23,24). The van der Waals surface area contributed by atoms with Crippen LogP contribution in [0.4, 0.5) is 21.6 Å². The Bertz CT molecular complexity index is 868. The molecule has 3 aromatic rings. The van der Waals surface area contributed by atoms with Gasteiger partial charge in [-0.05, 0) is 52.3 Å². The van der Waals surface area contributed by atoms with Crippen molar-refractivity contribution in [2.24, 2.45) is 0 Å². The second kappa shape index (κ2) is 7.23. The topological polar surface area (TPSA) is 54.0 Å². The average Bonchev–Trinajstić information content (AvgIpc) is 2.59. The molecular weight excluding hydrogens is 373 g/mol. The SMILES string of the molecule is O=C(Nc1ccc(Nc2ccccc2Br)cn1)c1ccccc1F. The lowest BCUT2D eigenvalue weighted by Crippen LogP contribution is -2.14. The molecule has 0 spiro atoms. The Morgan fingerprint density at radius 3 is 2.46 bits per heavy atom. The third-order valence-corrected chi connectivity index (χ3v) is 3.97. The van der Waals surface area contributed by atoms with Gasteiger partial charge in [-0.1, -0.05) is 24.3 Å². The summed E-state index contributed by atoms with van der Waals surface area (Å²) in [7, 11) is 0. The maximum Gasteiger partial charge on any atom is 0.259 e. The average molecular weight is 386 g/mol. The van der Waals surface area contributed by atoms with Gasteiger partial charge in [0.15, 0.2) is 0 Å². The predicted molar refractivity (Wildman–Crippen MR) is 96.0 cm³/mol. The van der Waals surface area contributed by atoms with Crippen LogP contribution in [0.15, 0.2) is 71.3 Å². The lowest BCUT2D eigenvalue weighted by atomic mass is 10.2. The number of nitrogens with zero attached hydrogens (tertiary/aromatic N) is 1. The van der Waals surface area contributed by atoms with Gasteiger partial charge in [-0.3, -0.25) is 4.79 Å². The van der Waals surface area contributed by atoms with Crippen LogP contribution in [0.2, 0.25) is 0 Å². The molecule has 4 nitrogen and oxygen atoms in total. The number of aromatic nitrogens is 1. The molecule has 2 N–H and O–H groups in total. The van der Waals surface area contributed by atoms with Crippen LogP contribution in [-0.2, 0) is 0 Å². The third kappa shape index (κ3) is 3.78. The lowest BCUT2D eigenvalue weighted by molar-refractivity contribution is 0.102. The largest absolute Gasteiger partial charge is 0.353 e. The Hall–Kier alpha value is -2.73. The molecule has 2 aromatic carbocycles. The number of carbonyl (C=O) groups is 1. The molecule has 0 bridgehead atoms. The van der Waals surface area contributed by atoms with Crippen LogP contribution in [0.5, 0.6) is 0 Å². The summed E-state index contributed by atoms with van der Waals surface area (Å²) >= 11 is 3.46. The summed E-state index contributed by atoms with van der Waals surface area (Å²) in [6, 6.07) is 16.9. The quantitative estimate of drug-likeness (QED) is 0.665. The van der Waals surface area contributed by atoms with Crippen molar-refractivity contribution in [1.82, 2.24) is 4.98 Å². The van der Waals surface area contributed by atoms with Crippen LogP contribution in [0, 0.1) is 5.82 Å². The summed E-state index contributed by atoms with van der Waals surface area (Å²) in [5, 5.41) is 5.79. The Labute approximate surface area is 146 Å². The molecule has 0 aliphatic heterocycles. The van der Waals surface area contributed by atoms with E-state index < -0.39 is 11.7 Å². The van der Waals surface area contributed by atoms with Crippen LogP contribution < -0.4 is 10.6 Å². The Balaban J connectivity index is 1.70. The molecule has 0 unspecified atom stereocenters. The summed E-state index contributed by atoms with van der Waals surface area (Å²) < 4.78 is 14.5. The van der Waals surface area contributed by atoms with Gasteiger partial charge < -0.3 is 10.6 Å². The first kappa shape index (κ1) is 16.1. The van der Waals surface area contributed by atoms with Gasteiger partial charge in [-0.25, -0.2) is 9.37 Å². The highest BCUT2D eigenvalue weighted by Gasteiger charge is 2.11. The fourth-order valence-corrected chi connectivity index (χ4v) is 2.47. The third-order valence-electron chi connectivity index (χ3n) is 3.28. The molecule has 0 aliphatic rings. The van der Waals surface area contributed by atoms with E-state index in [2.05, 4.69) is 31.5 Å². The van der Waals surface area contributed by atoms with E-state index in [0.29, 0.717) is 5.82 Å². The number of halogens is 2. The minimum Gasteiger partial charge on any atom is -0.353 e. The number of rotatable bonds is 4. The molecule has 0 atom stereocenters. The summed E-state index contributed by atoms with van der Waals surface area (Å²) in [6.07, 6.45) is 1.59. The molecule has 0 saturated carbocycles. The highest BCUT2D eigenvalue weighted by Crippen LogP contribution is 2.25. The lowest BCUT2D eigenvalue weighted by Gasteiger charge is -2.09. The molecule has 1 heterocycles. The monoisotopic (exact) mass is 385 g/mol. The molecule has 0 aliphatic carbocycles. The van der Waals surface area contributed by atoms with Crippen LogP contribution in [-0.4, -0.2) is 10.9 Å². The zero-order chi connectivity index (χ0) is 16.9. The van der Waals surface area contributed by atoms with Crippen LogP contribution in [0.25, 0.3) is 0 Å². The normalized spacial score (nSPS) is 10.2. The highest BCUT2D eigenvalue weighted by molar-refractivity contribution is 9.10. The fourth-order valence-electron chi connectivity index (χ4n) is 2.09. The summed E-state index contributed by atoms with van der Waals surface area (Å²) in [4.78, 5) is 16.2. The van der Waals surface area contributed by atoms with Gasteiger partial charge in [0.25, 0.3) is 5.91 Å². The number of hydrogen-bond acceptors (Lipinski definition) is 3. The van der Waals surface area contributed by atoms with Gasteiger partial charge >= 0.3 is 0 Å². The van der Waals surface area contributed by atoms with Gasteiger partial charge in [0.05, 0.1) is 23.1 Å². The molecule has 0 fully saturated rings. The molecule has 3 rings (SSSR count). The Morgan fingerprint density at radius 1 is 1.00 bits per heavy atom. The molecule has 6 heteroatoms. The van der Waals surface area contributed by atoms with Crippen LogP contribution in [0.1, 0.15) is 10.4 Å². The van der Waals surface area contributed by atoms with Gasteiger partial charge in [-0.15, -0.1) is 0 Å². The van der Waals surface area contributed by atoms with Crippen molar-refractivity contribution in [1.29, 1.82) is 0 Å². The van der Waals surface area contributed by atoms with Crippen molar-refractivity contribution in [2.75, 3.05) is 10.6 Å². The van der Waals surface area contributed by atoms with Gasteiger partial charge in [0.1, 0.15) is 11.6 Å². The molecule has 1 aromatic heterocycles. The number of amides is 1. The summed E-state index contributed by atoms with van der Waals surface area (Å²) in [6.45, 7) is 0. The molecule has 120 valence electrons. The molecule has 1 amide bonds. The minimum atomic E-state index is -0.567. The van der Waals surface area contributed by atoms with Crippen LogP contribution in [0.3, 0.4) is 0 Å². The van der Waals surface area contributed by atoms with Gasteiger partial charge in [0, 0.05) is 4.47 Å². The number of benzene rings is 2. The van der Waals surface area contributed by atoms with E-state index >= 15 is 0 Å². The van der Waals surface area contributed by atoms with E-state index in [1.54, 1.807) is 24.4 Å². The minimum absolute atomic E-state index is 0.0188. The zero-order valence-electron chi connectivity index (χ0n) is 12.5. The van der Waals surface area contributed by atoms with Crippen molar-refractivity contribution >= 4 is 39.0 Å². The van der Waals surface area contributed by atoms with Gasteiger partial charge in [-0.2, -0.15) is 0 Å². The van der Waals surface area contributed by atoms with E-state index in [1.807, 2.05) is 24.3 Å². The Morgan fingerprint density at radius 2 is 1.75 bits per heavy atom. The summed E-state index contributed by atoms with van der Waals surface area (Å²) in [5.41, 5.74) is 1.66. The van der Waals surface area contributed by atoms with Crippen molar-refractivity contribution in [3.05, 3.63) is 82.7 Å². The van der Waals surface area contributed by atoms with Crippen molar-refractivity contribution in [2.45, 2.75) is 0 Å². The number of anilines is 3. The second-order valence-electron chi connectivity index (χ2n) is 4.97. The molecule has 24 heavy (non-hydrogen) atoms. The predicted octanol–water partition coefficient (Wildman–Crippen LogP) is 4.98. The van der Waals surface area contributed by atoms with Crippen molar-refractivity contribution < 1.29 is 9.18 Å². The van der Waals surface area contributed by atoms with Crippen molar-refractivity contribution in [3.8, 4) is 0 Å². The molecule has 0 radical (unpaired) electrons. The Kier molecular flexibility index (Phi) is 4.86. The van der Waals surface area contributed by atoms with E-state index in [9.17, 15) is 9.18 Å². The van der Waals surface area contributed by atoms with E-state index in [1.165, 1.54) is 18.2 Å². The van der Waals surface area contributed by atoms with E-state index in [4.69, 9.17) is 0 Å². The van der Waals surface area contributed by atoms with E-state index in [0.717, 1.165) is 15.8 Å². The summed E-state index contributed by atoms with van der Waals surface area (Å²) in [5.74, 6) is -0.754. The van der Waals surface area contributed by atoms with Gasteiger partial charge in [0.2, 0.25) is 0 Å². The first-order valence-electron chi connectivity index (χ1n) is 7.17. The number of hydrogen-bond donors (Lipinski definition) is 2. The second-order valence-corrected chi connectivity index (χ2v) is 5.83. The van der Waals surface area contributed by atoms with Crippen LogP contribution >= 0.6 is 15.9 Å².